The minimum absolute atomic E-state index is 0.167. The first-order chi connectivity index (χ1) is 13.0. The number of carbonyl (C=O) groups is 1. The highest BCUT2D eigenvalue weighted by atomic mass is 19.1. The molecule has 1 amide bonds. The molecule has 0 heterocycles. The van der Waals surface area contributed by atoms with E-state index < -0.39 is 5.92 Å². The fourth-order valence-electron chi connectivity index (χ4n) is 2.90. The lowest BCUT2D eigenvalue weighted by Gasteiger charge is -2.16. The Labute approximate surface area is 159 Å². The van der Waals surface area contributed by atoms with Crippen LogP contribution in [0.25, 0.3) is 11.1 Å². The van der Waals surface area contributed by atoms with Crippen LogP contribution >= 0.6 is 0 Å². The Morgan fingerprint density at radius 2 is 1.63 bits per heavy atom. The van der Waals surface area contributed by atoms with Crippen LogP contribution in [-0.4, -0.2) is 20.0 Å². The highest BCUT2D eigenvalue weighted by Gasteiger charge is 2.17. The Kier molecular flexibility index (Phi) is 5.55. The van der Waals surface area contributed by atoms with Crippen molar-refractivity contribution in [1.29, 1.82) is 0 Å². The van der Waals surface area contributed by atoms with Crippen LogP contribution in [-0.2, 0) is 4.79 Å². The van der Waals surface area contributed by atoms with Gasteiger partial charge in [-0.25, -0.2) is 4.39 Å². The Morgan fingerprint density at radius 3 is 2.22 bits per heavy atom. The van der Waals surface area contributed by atoms with E-state index >= 15 is 0 Å². The maximum atomic E-state index is 14.6. The summed E-state index contributed by atoms with van der Waals surface area (Å²) in [6, 6.07) is 22.0. The molecule has 0 bridgehead atoms. The van der Waals surface area contributed by atoms with E-state index in [1.165, 1.54) is 6.07 Å². The van der Waals surface area contributed by atoms with Gasteiger partial charge in [-0.2, -0.15) is 0 Å². The maximum absolute atomic E-state index is 14.6. The van der Waals surface area contributed by atoms with Crippen molar-refractivity contribution in [3.05, 3.63) is 84.2 Å². The summed E-state index contributed by atoms with van der Waals surface area (Å²) in [6.07, 6.45) is 0. The van der Waals surface area contributed by atoms with Crippen LogP contribution in [0.5, 0.6) is 0 Å². The Bertz CT molecular complexity index is 921. The monoisotopic (exact) mass is 362 g/mol. The summed E-state index contributed by atoms with van der Waals surface area (Å²) in [5, 5.41) is 2.89. The van der Waals surface area contributed by atoms with Crippen LogP contribution in [0, 0.1) is 5.82 Å². The summed E-state index contributed by atoms with van der Waals surface area (Å²) in [4.78, 5) is 14.5. The van der Waals surface area contributed by atoms with Crippen molar-refractivity contribution in [3.63, 3.8) is 0 Å². The number of hydrogen-bond donors (Lipinski definition) is 1. The molecule has 0 saturated heterocycles. The van der Waals surface area contributed by atoms with E-state index in [2.05, 4.69) is 5.32 Å². The molecule has 0 spiro atoms. The summed E-state index contributed by atoms with van der Waals surface area (Å²) in [7, 11) is 3.92. The van der Waals surface area contributed by atoms with Gasteiger partial charge in [-0.3, -0.25) is 4.79 Å². The zero-order chi connectivity index (χ0) is 19.4. The molecule has 138 valence electrons. The van der Waals surface area contributed by atoms with E-state index in [0.717, 1.165) is 16.9 Å². The van der Waals surface area contributed by atoms with Gasteiger partial charge in [0.1, 0.15) is 5.82 Å². The van der Waals surface area contributed by atoms with Gasteiger partial charge in [0.2, 0.25) is 5.91 Å². The molecular formula is C23H23FN2O. The van der Waals surface area contributed by atoms with Crippen LogP contribution in [0.2, 0.25) is 0 Å². The predicted molar refractivity (Wildman–Crippen MR) is 110 cm³/mol. The number of amides is 1. The summed E-state index contributed by atoms with van der Waals surface area (Å²) in [5.41, 5.74) is 3.78. The lowest BCUT2D eigenvalue weighted by Crippen LogP contribution is -2.19. The highest BCUT2D eigenvalue weighted by molar-refractivity contribution is 5.95. The number of hydrogen-bond acceptors (Lipinski definition) is 2. The minimum Gasteiger partial charge on any atom is -0.378 e. The van der Waals surface area contributed by atoms with Gasteiger partial charge in [0.25, 0.3) is 0 Å². The SMILES string of the molecule is C[C@@H](C(=O)Nc1ccc(N(C)C)cc1)c1ccc(-c2ccccc2)c(F)c1. The Balaban J connectivity index is 1.74. The van der Waals surface area contributed by atoms with E-state index in [4.69, 9.17) is 0 Å². The lowest BCUT2D eigenvalue weighted by atomic mass is 9.96. The topological polar surface area (TPSA) is 32.3 Å². The lowest BCUT2D eigenvalue weighted by molar-refractivity contribution is -0.117. The first-order valence-electron chi connectivity index (χ1n) is 8.89. The van der Waals surface area contributed by atoms with Crippen molar-refractivity contribution >= 4 is 17.3 Å². The standard InChI is InChI=1S/C23H23FN2O/c1-16(23(27)25-19-10-12-20(13-11-19)26(2)3)18-9-14-21(22(24)15-18)17-7-5-4-6-8-17/h4-16H,1-3H3,(H,25,27)/t16-/m1/s1. The minimum atomic E-state index is -0.460. The zero-order valence-electron chi connectivity index (χ0n) is 15.7. The molecule has 0 aromatic heterocycles. The molecule has 3 nitrogen and oxygen atoms in total. The van der Waals surface area contributed by atoms with E-state index in [1.54, 1.807) is 13.0 Å². The van der Waals surface area contributed by atoms with Crippen LogP contribution in [0.1, 0.15) is 18.4 Å². The molecule has 1 atom stereocenters. The molecule has 4 heteroatoms. The average Bonchev–Trinajstić information content (AvgIpc) is 2.68. The molecule has 0 unspecified atom stereocenters. The molecule has 0 radical (unpaired) electrons. The molecule has 3 aromatic carbocycles. The van der Waals surface area contributed by atoms with Crippen LogP contribution in [0.4, 0.5) is 15.8 Å². The van der Waals surface area contributed by atoms with E-state index in [9.17, 15) is 9.18 Å². The quantitative estimate of drug-likeness (QED) is 0.668. The molecule has 27 heavy (non-hydrogen) atoms. The molecular weight excluding hydrogens is 339 g/mol. The van der Waals surface area contributed by atoms with Crippen molar-refractivity contribution < 1.29 is 9.18 Å². The van der Waals surface area contributed by atoms with E-state index in [-0.39, 0.29) is 11.7 Å². The third kappa shape index (κ3) is 4.34. The average molecular weight is 362 g/mol. The largest absolute Gasteiger partial charge is 0.378 e. The smallest absolute Gasteiger partial charge is 0.231 e. The first kappa shape index (κ1) is 18.6. The number of anilines is 2. The number of halogens is 1. The molecule has 1 N–H and O–H groups in total. The second kappa shape index (κ2) is 8.04. The van der Waals surface area contributed by atoms with Gasteiger partial charge in [-0.15, -0.1) is 0 Å². The first-order valence-corrected chi connectivity index (χ1v) is 8.89. The third-order valence-electron chi connectivity index (χ3n) is 4.62. The van der Waals surface area contributed by atoms with Gasteiger partial charge in [0.15, 0.2) is 0 Å². The highest BCUT2D eigenvalue weighted by Crippen LogP contribution is 2.27. The Morgan fingerprint density at radius 1 is 0.963 bits per heavy atom. The fraction of sp³-hybridized carbons (Fsp3) is 0.174. The normalized spacial score (nSPS) is 11.7. The number of nitrogens with zero attached hydrogens (tertiary/aromatic N) is 1. The molecule has 0 saturated carbocycles. The van der Waals surface area contributed by atoms with Gasteiger partial charge >= 0.3 is 0 Å². The van der Waals surface area contributed by atoms with Crippen molar-refractivity contribution in [2.24, 2.45) is 0 Å². The Hall–Kier alpha value is -3.14. The molecule has 3 rings (SSSR count). The van der Waals surface area contributed by atoms with Gasteiger partial charge < -0.3 is 10.2 Å². The summed E-state index contributed by atoms with van der Waals surface area (Å²) < 4.78 is 14.6. The number of carbonyl (C=O) groups excluding carboxylic acids is 1. The molecule has 3 aromatic rings. The molecule has 0 fully saturated rings. The van der Waals surface area contributed by atoms with Crippen LogP contribution < -0.4 is 10.2 Å². The van der Waals surface area contributed by atoms with Crippen molar-refractivity contribution in [2.75, 3.05) is 24.3 Å². The van der Waals surface area contributed by atoms with E-state index in [1.807, 2.05) is 79.7 Å². The van der Waals surface area contributed by atoms with Crippen molar-refractivity contribution in [1.82, 2.24) is 0 Å². The van der Waals surface area contributed by atoms with Crippen molar-refractivity contribution in [2.45, 2.75) is 12.8 Å². The summed E-state index contributed by atoms with van der Waals surface area (Å²) >= 11 is 0. The summed E-state index contributed by atoms with van der Waals surface area (Å²) in [6.45, 7) is 1.78. The van der Waals surface area contributed by atoms with Crippen LogP contribution in [0.15, 0.2) is 72.8 Å². The number of rotatable bonds is 5. The second-order valence-electron chi connectivity index (χ2n) is 6.76. The van der Waals surface area contributed by atoms with E-state index in [0.29, 0.717) is 11.1 Å². The van der Waals surface area contributed by atoms with Gasteiger partial charge in [0, 0.05) is 31.0 Å². The van der Waals surface area contributed by atoms with Crippen LogP contribution in [0.3, 0.4) is 0 Å². The fourth-order valence-corrected chi connectivity index (χ4v) is 2.90. The second-order valence-corrected chi connectivity index (χ2v) is 6.76. The summed E-state index contributed by atoms with van der Waals surface area (Å²) in [5.74, 6) is -0.953. The predicted octanol–water partition coefficient (Wildman–Crippen LogP) is 5.30. The van der Waals surface area contributed by atoms with Gasteiger partial charge in [0.05, 0.1) is 5.92 Å². The van der Waals surface area contributed by atoms with Crippen molar-refractivity contribution in [3.8, 4) is 11.1 Å². The molecule has 0 aliphatic carbocycles. The molecule has 0 aliphatic heterocycles. The zero-order valence-corrected chi connectivity index (χ0v) is 15.7. The maximum Gasteiger partial charge on any atom is 0.231 e. The van der Waals surface area contributed by atoms with Gasteiger partial charge in [-0.05, 0) is 48.4 Å². The number of benzene rings is 3. The molecule has 0 aliphatic rings. The number of nitrogens with one attached hydrogen (secondary N) is 1. The van der Waals surface area contributed by atoms with Gasteiger partial charge in [-0.1, -0.05) is 42.5 Å². The third-order valence-corrected chi connectivity index (χ3v) is 4.62.